The van der Waals surface area contributed by atoms with Gasteiger partial charge in [-0.05, 0) is 18.2 Å². The highest BCUT2D eigenvalue weighted by molar-refractivity contribution is 5.82. The molecular formula is C25H24FN9O2. The first kappa shape index (κ1) is 24.0. The van der Waals surface area contributed by atoms with Crippen LogP contribution in [0.25, 0.3) is 10.9 Å². The zero-order valence-corrected chi connectivity index (χ0v) is 20.0. The molecule has 1 fully saturated rings. The Labute approximate surface area is 211 Å². The topological polar surface area (TPSA) is 135 Å². The summed E-state index contributed by atoms with van der Waals surface area (Å²) >= 11 is 0. The molecule has 37 heavy (non-hydrogen) atoms. The van der Waals surface area contributed by atoms with E-state index in [9.17, 15) is 9.18 Å². The number of rotatable bonds is 7. The Morgan fingerprint density at radius 2 is 1.97 bits per heavy atom. The number of fused-ring (bicyclic) bond motifs is 1. The van der Waals surface area contributed by atoms with Gasteiger partial charge in [0, 0.05) is 43.8 Å². The first-order chi connectivity index (χ1) is 18.0. The van der Waals surface area contributed by atoms with E-state index in [1.807, 2.05) is 6.07 Å². The number of hydrogen-bond acceptors (Lipinski definition) is 10. The second-order valence-corrected chi connectivity index (χ2v) is 8.40. The molecule has 1 aliphatic heterocycles. The molecule has 0 aliphatic carbocycles. The summed E-state index contributed by atoms with van der Waals surface area (Å²) in [7, 11) is 1.57. The maximum absolute atomic E-state index is 14.0. The van der Waals surface area contributed by atoms with Crippen molar-refractivity contribution < 1.29 is 9.13 Å². The molecule has 0 radical (unpaired) electrons. The standard InChI is InChI=1S/C25H24FN9O2/c1-37-20-14-22(35-11-9-34(8-6-27)10-12-35)29-15-19(20)31-25-28-7-5-21(32-25)30-18-13-16-3-2-4-17(26)23(16)33-24(18)36/h2-5,7,13-15H,8-12H2,1H3,(H,33,36)(H2,28,30,31,32). The van der Waals surface area contributed by atoms with Gasteiger partial charge in [0.05, 0.1) is 31.4 Å². The van der Waals surface area contributed by atoms with Gasteiger partial charge in [-0.25, -0.2) is 14.4 Å². The Balaban J connectivity index is 1.32. The molecule has 5 rings (SSSR count). The third-order valence-corrected chi connectivity index (χ3v) is 6.06. The van der Waals surface area contributed by atoms with Crippen molar-refractivity contribution in [1.29, 1.82) is 5.26 Å². The number of aromatic nitrogens is 4. The third kappa shape index (κ3) is 5.26. The zero-order chi connectivity index (χ0) is 25.8. The Kier molecular flexibility index (Phi) is 6.78. The number of anilines is 5. The van der Waals surface area contributed by atoms with Crippen molar-refractivity contribution in [2.45, 2.75) is 0 Å². The maximum Gasteiger partial charge on any atom is 0.272 e. The van der Waals surface area contributed by atoms with Crippen molar-refractivity contribution in [2.24, 2.45) is 0 Å². The smallest absolute Gasteiger partial charge is 0.272 e. The molecule has 0 saturated carbocycles. The van der Waals surface area contributed by atoms with Crippen LogP contribution in [-0.2, 0) is 0 Å². The number of nitrogens with zero attached hydrogens (tertiary/aromatic N) is 6. The molecule has 188 valence electrons. The molecule has 12 heteroatoms. The summed E-state index contributed by atoms with van der Waals surface area (Å²) in [5.41, 5.74) is 0.475. The first-order valence-corrected chi connectivity index (χ1v) is 11.6. The average molecular weight is 502 g/mol. The number of nitriles is 1. The molecule has 4 heterocycles. The largest absolute Gasteiger partial charge is 0.494 e. The fraction of sp³-hybridized carbons (Fsp3) is 0.240. The molecule has 1 aromatic carbocycles. The second kappa shape index (κ2) is 10.5. The summed E-state index contributed by atoms with van der Waals surface area (Å²) in [6.07, 6.45) is 3.20. The lowest BCUT2D eigenvalue weighted by Gasteiger charge is -2.34. The van der Waals surface area contributed by atoms with Crippen molar-refractivity contribution in [1.82, 2.24) is 24.8 Å². The molecule has 0 amide bonds. The van der Waals surface area contributed by atoms with Gasteiger partial charge < -0.3 is 25.3 Å². The van der Waals surface area contributed by atoms with E-state index in [1.54, 1.807) is 43.8 Å². The van der Waals surface area contributed by atoms with Gasteiger partial charge in [0.15, 0.2) is 0 Å². The van der Waals surface area contributed by atoms with E-state index >= 15 is 0 Å². The van der Waals surface area contributed by atoms with Crippen LogP contribution in [0, 0.1) is 17.1 Å². The van der Waals surface area contributed by atoms with Crippen LogP contribution in [-0.4, -0.2) is 64.7 Å². The quantitative estimate of drug-likeness (QED) is 0.324. The van der Waals surface area contributed by atoms with Crippen LogP contribution >= 0.6 is 0 Å². The number of para-hydroxylation sites is 1. The molecule has 0 spiro atoms. The fourth-order valence-electron chi connectivity index (χ4n) is 4.13. The molecule has 3 N–H and O–H groups in total. The van der Waals surface area contributed by atoms with Crippen molar-refractivity contribution in [3.05, 3.63) is 65.0 Å². The second-order valence-electron chi connectivity index (χ2n) is 8.40. The molecule has 11 nitrogen and oxygen atoms in total. The number of piperazine rings is 1. The predicted octanol–water partition coefficient (Wildman–Crippen LogP) is 2.99. The highest BCUT2D eigenvalue weighted by atomic mass is 19.1. The van der Waals surface area contributed by atoms with Gasteiger partial charge in [-0.1, -0.05) is 12.1 Å². The highest BCUT2D eigenvalue weighted by Gasteiger charge is 2.19. The number of H-pyrrole nitrogens is 1. The Hall–Kier alpha value is -4.76. The molecule has 4 aromatic rings. The van der Waals surface area contributed by atoms with Gasteiger partial charge in [0.2, 0.25) is 5.95 Å². The van der Waals surface area contributed by atoms with Crippen LogP contribution < -0.4 is 25.8 Å². The normalized spacial score (nSPS) is 13.8. The summed E-state index contributed by atoms with van der Waals surface area (Å²) in [5, 5.41) is 15.5. The summed E-state index contributed by atoms with van der Waals surface area (Å²) in [6, 6.07) is 11.8. The molecule has 1 aliphatic rings. The van der Waals surface area contributed by atoms with Crippen LogP contribution in [0.15, 0.2) is 53.6 Å². The van der Waals surface area contributed by atoms with Crippen LogP contribution in [0.3, 0.4) is 0 Å². The highest BCUT2D eigenvalue weighted by Crippen LogP contribution is 2.30. The fourth-order valence-corrected chi connectivity index (χ4v) is 4.13. The van der Waals surface area contributed by atoms with Crippen molar-refractivity contribution >= 4 is 39.9 Å². The van der Waals surface area contributed by atoms with Gasteiger partial charge in [-0.2, -0.15) is 10.2 Å². The lowest BCUT2D eigenvalue weighted by Crippen LogP contribution is -2.46. The molecule has 0 atom stereocenters. The van der Waals surface area contributed by atoms with E-state index in [2.05, 4.69) is 46.4 Å². The lowest BCUT2D eigenvalue weighted by molar-refractivity contribution is 0.286. The minimum atomic E-state index is -0.496. The van der Waals surface area contributed by atoms with Crippen LogP contribution in [0.2, 0.25) is 0 Å². The van der Waals surface area contributed by atoms with Gasteiger partial charge in [0.25, 0.3) is 5.56 Å². The van der Waals surface area contributed by atoms with E-state index in [0.29, 0.717) is 29.2 Å². The van der Waals surface area contributed by atoms with Crippen molar-refractivity contribution in [3.8, 4) is 11.8 Å². The minimum absolute atomic E-state index is 0.148. The number of halogens is 1. The summed E-state index contributed by atoms with van der Waals surface area (Å²) in [5.74, 6) is 1.50. The van der Waals surface area contributed by atoms with E-state index in [4.69, 9.17) is 10.00 Å². The predicted molar refractivity (Wildman–Crippen MR) is 138 cm³/mol. The number of aromatic amines is 1. The molecule has 0 unspecified atom stereocenters. The third-order valence-electron chi connectivity index (χ3n) is 6.06. The van der Waals surface area contributed by atoms with Gasteiger partial charge in [-0.3, -0.25) is 9.69 Å². The number of pyridine rings is 2. The van der Waals surface area contributed by atoms with E-state index in [-0.39, 0.29) is 17.2 Å². The van der Waals surface area contributed by atoms with E-state index in [0.717, 1.165) is 32.0 Å². The monoisotopic (exact) mass is 501 g/mol. The summed E-state index contributed by atoms with van der Waals surface area (Å²) in [6.45, 7) is 3.54. The van der Waals surface area contributed by atoms with Crippen molar-refractivity contribution in [2.75, 3.05) is 55.4 Å². The Morgan fingerprint density at radius 3 is 2.76 bits per heavy atom. The Bertz CT molecular complexity index is 1530. The molecular weight excluding hydrogens is 477 g/mol. The Morgan fingerprint density at radius 1 is 1.14 bits per heavy atom. The maximum atomic E-state index is 14.0. The average Bonchev–Trinajstić information content (AvgIpc) is 2.91. The van der Waals surface area contributed by atoms with Crippen LogP contribution in [0.4, 0.5) is 33.3 Å². The number of nitrogens with one attached hydrogen (secondary N) is 3. The number of hydrogen-bond donors (Lipinski definition) is 3. The lowest BCUT2D eigenvalue weighted by atomic mass is 10.2. The summed E-state index contributed by atoms with van der Waals surface area (Å²) < 4.78 is 19.5. The van der Waals surface area contributed by atoms with Gasteiger partial charge in [0.1, 0.15) is 34.6 Å². The van der Waals surface area contributed by atoms with Crippen LogP contribution in [0.5, 0.6) is 5.75 Å². The van der Waals surface area contributed by atoms with E-state index in [1.165, 1.54) is 6.07 Å². The zero-order valence-electron chi connectivity index (χ0n) is 20.0. The van der Waals surface area contributed by atoms with Gasteiger partial charge >= 0.3 is 0 Å². The molecule has 1 saturated heterocycles. The number of ether oxygens (including phenoxy) is 1. The number of benzene rings is 1. The molecule has 3 aromatic heterocycles. The SMILES string of the molecule is COc1cc(N2CCN(CC#N)CC2)ncc1Nc1nccc(Nc2cc3cccc(F)c3[nH]c2=O)n1. The van der Waals surface area contributed by atoms with E-state index < -0.39 is 11.4 Å². The summed E-state index contributed by atoms with van der Waals surface area (Å²) in [4.78, 5) is 32.5. The molecule has 0 bridgehead atoms. The van der Waals surface area contributed by atoms with Crippen molar-refractivity contribution in [3.63, 3.8) is 0 Å². The number of methoxy groups -OCH3 is 1. The van der Waals surface area contributed by atoms with Crippen LogP contribution in [0.1, 0.15) is 0 Å². The minimum Gasteiger partial charge on any atom is -0.494 e. The first-order valence-electron chi connectivity index (χ1n) is 11.6. The van der Waals surface area contributed by atoms with Gasteiger partial charge in [-0.15, -0.1) is 0 Å².